The number of benzene rings is 1. The average Bonchev–Trinajstić information content (AvgIpc) is 3.18. The number of sulfone groups is 1. The highest BCUT2D eigenvalue weighted by Crippen LogP contribution is 2.38. The van der Waals surface area contributed by atoms with Gasteiger partial charge in [-0.05, 0) is 63.1 Å². The Morgan fingerprint density at radius 3 is 2.10 bits per heavy atom. The van der Waals surface area contributed by atoms with Crippen molar-refractivity contribution < 1.29 is 8.42 Å². The minimum absolute atomic E-state index is 0.0232. The molecule has 0 aliphatic heterocycles. The van der Waals surface area contributed by atoms with Gasteiger partial charge in [-0.15, -0.1) is 0 Å². The molecule has 0 spiro atoms. The first-order valence-corrected chi connectivity index (χ1v) is 11.3. The Labute approximate surface area is 172 Å². The fourth-order valence-corrected chi connectivity index (χ4v) is 5.26. The van der Waals surface area contributed by atoms with Crippen molar-refractivity contribution in [2.24, 2.45) is 0 Å². The third-order valence-electron chi connectivity index (χ3n) is 4.89. The van der Waals surface area contributed by atoms with Crippen molar-refractivity contribution in [2.75, 3.05) is 0 Å². The van der Waals surface area contributed by atoms with Crippen LogP contribution in [0.15, 0.2) is 46.6 Å². The lowest BCUT2D eigenvalue weighted by Gasteiger charge is -2.25. The van der Waals surface area contributed by atoms with Crippen LogP contribution in [0, 0.1) is 0 Å². The SMILES string of the molecule is CC(C)c1ccc(S(=O)(=O)c2nnnn2-c2ccccn2)c(C(C)C)c1C(C)C. The van der Waals surface area contributed by atoms with Crippen molar-refractivity contribution in [3.8, 4) is 5.82 Å². The van der Waals surface area contributed by atoms with Gasteiger partial charge in [0.1, 0.15) is 0 Å². The van der Waals surface area contributed by atoms with E-state index in [1.54, 1.807) is 30.5 Å². The molecule has 8 heteroatoms. The van der Waals surface area contributed by atoms with Gasteiger partial charge in [0.15, 0.2) is 5.82 Å². The zero-order valence-electron chi connectivity index (χ0n) is 17.7. The van der Waals surface area contributed by atoms with Gasteiger partial charge < -0.3 is 0 Å². The second kappa shape index (κ2) is 8.02. The van der Waals surface area contributed by atoms with Crippen molar-refractivity contribution in [3.05, 3.63) is 53.2 Å². The third-order valence-corrected chi connectivity index (χ3v) is 6.56. The van der Waals surface area contributed by atoms with Crippen LogP contribution in [0.4, 0.5) is 0 Å². The standard InChI is InChI=1S/C21H27N5O2S/c1-13(2)16-10-11-17(20(15(5)6)19(16)14(3)4)29(27,28)21-23-24-25-26(21)18-9-7-8-12-22-18/h7-15H,1-6H3. The molecule has 3 aromatic rings. The van der Waals surface area contributed by atoms with Gasteiger partial charge in [-0.1, -0.05) is 58.8 Å². The van der Waals surface area contributed by atoms with Crippen LogP contribution in [0.3, 0.4) is 0 Å². The van der Waals surface area contributed by atoms with E-state index in [-0.39, 0.29) is 21.9 Å². The summed E-state index contributed by atoms with van der Waals surface area (Å²) in [4.78, 5) is 4.44. The first kappa shape index (κ1) is 21.1. The summed E-state index contributed by atoms with van der Waals surface area (Å²) >= 11 is 0. The predicted octanol–water partition coefficient (Wildman–Crippen LogP) is 4.26. The maximum atomic E-state index is 13.7. The third kappa shape index (κ3) is 3.81. The van der Waals surface area contributed by atoms with Crippen molar-refractivity contribution in [3.63, 3.8) is 0 Å². The van der Waals surface area contributed by atoms with Gasteiger partial charge >= 0.3 is 0 Å². The van der Waals surface area contributed by atoms with Gasteiger partial charge in [0.25, 0.3) is 5.16 Å². The van der Waals surface area contributed by atoms with Crippen molar-refractivity contribution in [1.82, 2.24) is 25.2 Å². The van der Waals surface area contributed by atoms with Crippen LogP contribution in [0.1, 0.15) is 76.0 Å². The van der Waals surface area contributed by atoms with Gasteiger partial charge in [0.2, 0.25) is 9.84 Å². The molecule has 0 N–H and O–H groups in total. The predicted molar refractivity (Wildman–Crippen MR) is 111 cm³/mol. The van der Waals surface area contributed by atoms with Gasteiger partial charge in [0, 0.05) is 6.20 Å². The summed E-state index contributed by atoms with van der Waals surface area (Å²) in [5.74, 6) is 0.854. The number of aromatic nitrogens is 5. The summed E-state index contributed by atoms with van der Waals surface area (Å²) in [7, 11) is -3.96. The number of rotatable bonds is 6. The van der Waals surface area contributed by atoms with Crippen LogP contribution in [0.2, 0.25) is 0 Å². The van der Waals surface area contributed by atoms with E-state index in [1.165, 1.54) is 10.2 Å². The molecular formula is C21H27N5O2S. The fourth-order valence-electron chi connectivity index (χ4n) is 3.68. The van der Waals surface area contributed by atoms with Crippen LogP contribution in [0.5, 0.6) is 0 Å². The molecule has 0 saturated heterocycles. The van der Waals surface area contributed by atoms with Crippen LogP contribution >= 0.6 is 0 Å². The molecule has 7 nitrogen and oxygen atoms in total. The molecule has 0 atom stereocenters. The highest BCUT2D eigenvalue weighted by molar-refractivity contribution is 7.91. The molecule has 154 valence electrons. The first-order valence-electron chi connectivity index (χ1n) is 9.77. The van der Waals surface area contributed by atoms with Gasteiger partial charge in [-0.3, -0.25) is 0 Å². The van der Waals surface area contributed by atoms with Gasteiger partial charge in [-0.25, -0.2) is 13.4 Å². The molecule has 2 heterocycles. The molecule has 0 fully saturated rings. The van der Waals surface area contributed by atoms with Crippen LogP contribution in [0.25, 0.3) is 5.82 Å². The van der Waals surface area contributed by atoms with Crippen molar-refractivity contribution in [1.29, 1.82) is 0 Å². The number of nitrogens with zero attached hydrogens (tertiary/aromatic N) is 5. The lowest BCUT2D eigenvalue weighted by Crippen LogP contribution is -2.17. The Hall–Kier alpha value is -2.61. The maximum absolute atomic E-state index is 13.7. The van der Waals surface area contributed by atoms with Crippen molar-refractivity contribution in [2.45, 2.75) is 69.3 Å². The van der Waals surface area contributed by atoms with E-state index in [2.05, 4.69) is 48.2 Å². The minimum Gasteiger partial charge on any atom is -0.237 e. The molecule has 0 saturated carbocycles. The molecular weight excluding hydrogens is 386 g/mol. The van der Waals surface area contributed by atoms with E-state index in [0.717, 1.165) is 11.1 Å². The quantitative estimate of drug-likeness (QED) is 0.600. The lowest BCUT2D eigenvalue weighted by molar-refractivity contribution is 0.575. The van der Waals surface area contributed by atoms with Crippen LogP contribution in [-0.4, -0.2) is 33.6 Å². The topological polar surface area (TPSA) is 90.6 Å². The molecule has 0 radical (unpaired) electrons. The smallest absolute Gasteiger partial charge is 0.237 e. The van der Waals surface area contributed by atoms with E-state index in [0.29, 0.717) is 11.7 Å². The average molecular weight is 414 g/mol. The Bertz CT molecular complexity index is 1100. The maximum Gasteiger partial charge on any atom is 0.278 e. The first-order chi connectivity index (χ1) is 13.7. The highest BCUT2D eigenvalue weighted by Gasteiger charge is 2.32. The second-order valence-electron chi connectivity index (χ2n) is 8.01. The van der Waals surface area contributed by atoms with Crippen molar-refractivity contribution >= 4 is 9.84 Å². The Balaban J connectivity index is 2.29. The van der Waals surface area contributed by atoms with E-state index in [9.17, 15) is 8.42 Å². The monoisotopic (exact) mass is 413 g/mol. The summed E-state index contributed by atoms with van der Waals surface area (Å²) < 4.78 is 28.5. The van der Waals surface area contributed by atoms with E-state index in [1.807, 2.05) is 19.9 Å². The molecule has 0 bridgehead atoms. The molecule has 3 rings (SSSR count). The summed E-state index contributed by atoms with van der Waals surface area (Å²) in [5, 5.41) is 11.1. The van der Waals surface area contributed by atoms with Gasteiger partial charge in [0.05, 0.1) is 4.90 Å². The van der Waals surface area contributed by atoms with E-state index >= 15 is 0 Å². The van der Waals surface area contributed by atoms with E-state index in [4.69, 9.17) is 0 Å². The molecule has 0 aliphatic carbocycles. The molecule has 0 unspecified atom stereocenters. The Kier molecular flexibility index (Phi) is 5.84. The number of hydrogen-bond donors (Lipinski definition) is 0. The Morgan fingerprint density at radius 1 is 0.862 bits per heavy atom. The van der Waals surface area contributed by atoms with E-state index < -0.39 is 9.84 Å². The Morgan fingerprint density at radius 2 is 1.55 bits per heavy atom. The fraction of sp³-hybridized carbons (Fsp3) is 0.429. The largest absolute Gasteiger partial charge is 0.278 e. The van der Waals surface area contributed by atoms with Gasteiger partial charge in [-0.2, -0.15) is 4.68 Å². The second-order valence-corrected chi connectivity index (χ2v) is 9.82. The lowest BCUT2D eigenvalue weighted by atomic mass is 9.83. The summed E-state index contributed by atoms with van der Waals surface area (Å²) in [5.41, 5.74) is 3.10. The molecule has 2 aromatic heterocycles. The number of hydrogen-bond acceptors (Lipinski definition) is 6. The number of tetrazole rings is 1. The molecule has 1 aromatic carbocycles. The zero-order valence-corrected chi connectivity index (χ0v) is 18.5. The normalized spacial score (nSPS) is 12.3. The minimum atomic E-state index is -3.96. The summed E-state index contributed by atoms with van der Waals surface area (Å²) in [6, 6.07) is 8.80. The summed E-state index contributed by atoms with van der Waals surface area (Å²) in [6.07, 6.45) is 1.57. The zero-order chi connectivity index (χ0) is 21.3. The molecule has 0 amide bonds. The van der Waals surface area contributed by atoms with Crippen LogP contribution < -0.4 is 0 Å². The molecule has 29 heavy (non-hydrogen) atoms. The highest BCUT2D eigenvalue weighted by atomic mass is 32.2. The molecule has 0 aliphatic rings. The van der Waals surface area contributed by atoms with Crippen LogP contribution in [-0.2, 0) is 9.84 Å². The number of pyridine rings is 1. The summed E-state index contributed by atoms with van der Waals surface area (Å²) in [6.45, 7) is 12.5.